The van der Waals surface area contributed by atoms with Crippen LogP contribution in [0.3, 0.4) is 0 Å². The van der Waals surface area contributed by atoms with Crippen molar-refractivity contribution in [2.45, 2.75) is 13.3 Å². The van der Waals surface area contributed by atoms with Gasteiger partial charge >= 0.3 is 0 Å². The van der Waals surface area contributed by atoms with Crippen molar-refractivity contribution in [3.05, 3.63) is 23.8 Å². The average molecular weight is 165 g/mol. The molecule has 66 valence electrons. The fraction of sp³-hybridized carbons (Fsp3) is 0.444. The summed E-state index contributed by atoms with van der Waals surface area (Å²) in [5.41, 5.74) is 2.15. The predicted octanol–water partition coefficient (Wildman–Crippen LogP) is 1.34. The highest BCUT2D eigenvalue weighted by Crippen LogP contribution is 2.02. The quantitative estimate of drug-likeness (QED) is 0.661. The number of hydrogen-bond donors (Lipinski definition) is 2. The van der Waals surface area contributed by atoms with E-state index in [2.05, 4.69) is 21.4 Å². The molecule has 0 saturated heterocycles. The monoisotopic (exact) mass is 165 g/mol. The van der Waals surface area contributed by atoms with Gasteiger partial charge in [0.1, 0.15) is 0 Å². The first kappa shape index (κ1) is 9.00. The first-order valence-corrected chi connectivity index (χ1v) is 4.15. The third-order valence-corrected chi connectivity index (χ3v) is 1.71. The highest BCUT2D eigenvalue weighted by molar-refractivity contribution is 5.46. The second-order valence-electron chi connectivity index (χ2n) is 2.71. The third kappa shape index (κ3) is 2.51. The zero-order valence-corrected chi connectivity index (χ0v) is 7.59. The van der Waals surface area contributed by atoms with Gasteiger partial charge in [0.25, 0.3) is 0 Å². The Morgan fingerprint density at radius 3 is 3.08 bits per heavy atom. The molecular weight excluding hydrogens is 150 g/mol. The molecule has 12 heavy (non-hydrogen) atoms. The van der Waals surface area contributed by atoms with Crippen LogP contribution in [0.2, 0.25) is 0 Å². The molecule has 0 aliphatic carbocycles. The highest BCUT2D eigenvalue weighted by atomic mass is 14.9. The molecule has 0 amide bonds. The number of hydrogen-bond acceptors (Lipinski definition) is 2. The van der Waals surface area contributed by atoms with Crippen molar-refractivity contribution >= 4 is 6.08 Å². The van der Waals surface area contributed by atoms with Crippen LogP contribution in [0.1, 0.15) is 17.8 Å². The first-order valence-electron chi connectivity index (χ1n) is 4.15. The van der Waals surface area contributed by atoms with Crippen LogP contribution in [0, 0.1) is 6.92 Å². The fourth-order valence-corrected chi connectivity index (χ4v) is 0.960. The van der Waals surface area contributed by atoms with Gasteiger partial charge < -0.3 is 10.3 Å². The van der Waals surface area contributed by atoms with Crippen molar-refractivity contribution in [1.29, 1.82) is 0 Å². The molecular formula is C9H15N3. The molecule has 1 aromatic rings. The molecule has 0 aromatic carbocycles. The Morgan fingerprint density at radius 1 is 1.67 bits per heavy atom. The van der Waals surface area contributed by atoms with Crippen LogP contribution >= 0.6 is 0 Å². The van der Waals surface area contributed by atoms with E-state index < -0.39 is 0 Å². The lowest BCUT2D eigenvalue weighted by atomic mass is 10.3. The predicted molar refractivity (Wildman–Crippen MR) is 50.9 cm³/mol. The smallest absolute Gasteiger partial charge is 0.0929 e. The second-order valence-corrected chi connectivity index (χ2v) is 2.71. The van der Waals surface area contributed by atoms with E-state index in [1.165, 1.54) is 0 Å². The summed E-state index contributed by atoms with van der Waals surface area (Å²) in [5, 5.41) is 3.08. The number of aromatic amines is 1. The maximum absolute atomic E-state index is 4.15. The number of aromatic nitrogens is 2. The van der Waals surface area contributed by atoms with Gasteiger partial charge in [-0.3, -0.25) is 0 Å². The van der Waals surface area contributed by atoms with Crippen LogP contribution in [0.15, 0.2) is 12.4 Å². The van der Waals surface area contributed by atoms with Crippen molar-refractivity contribution in [3.63, 3.8) is 0 Å². The Hall–Kier alpha value is -1.09. The molecule has 1 rings (SSSR count). The van der Waals surface area contributed by atoms with E-state index in [-0.39, 0.29) is 0 Å². The topological polar surface area (TPSA) is 40.7 Å². The molecule has 0 atom stereocenters. The Kier molecular flexibility index (Phi) is 3.54. The summed E-state index contributed by atoms with van der Waals surface area (Å²) in [7, 11) is 1.95. The minimum Gasteiger partial charge on any atom is -0.348 e. The van der Waals surface area contributed by atoms with Crippen molar-refractivity contribution < 1.29 is 0 Å². The number of rotatable bonds is 4. The van der Waals surface area contributed by atoms with Crippen LogP contribution in [0.25, 0.3) is 6.08 Å². The SMILES string of the molecule is CNCCC=Cc1nc[nH]c1C. The van der Waals surface area contributed by atoms with Gasteiger partial charge in [-0.1, -0.05) is 6.08 Å². The van der Waals surface area contributed by atoms with Crippen LogP contribution < -0.4 is 5.32 Å². The molecule has 1 heterocycles. The number of H-pyrrole nitrogens is 1. The molecule has 0 radical (unpaired) electrons. The lowest BCUT2D eigenvalue weighted by molar-refractivity contribution is 0.809. The number of nitrogens with zero attached hydrogens (tertiary/aromatic N) is 1. The zero-order valence-electron chi connectivity index (χ0n) is 7.59. The largest absolute Gasteiger partial charge is 0.348 e. The minimum absolute atomic E-state index is 1.01. The van der Waals surface area contributed by atoms with Gasteiger partial charge in [0.2, 0.25) is 0 Å². The molecule has 0 saturated carbocycles. The van der Waals surface area contributed by atoms with E-state index in [0.717, 1.165) is 24.4 Å². The van der Waals surface area contributed by atoms with Crippen LogP contribution in [-0.4, -0.2) is 23.6 Å². The molecule has 0 spiro atoms. The van der Waals surface area contributed by atoms with Gasteiger partial charge in [0, 0.05) is 5.69 Å². The van der Waals surface area contributed by atoms with E-state index in [0.29, 0.717) is 0 Å². The van der Waals surface area contributed by atoms with E-state index in [1.54, 1.807) is 6.33 Å². The molecule has 0 fully saturated rings. The van der Waals surface area contributed by atoms with Gasteiger partial charge in [-0.2, -0.15) is 0 Å². The molecule has 0 unspecified atom stereocenters. The maximum atomic E-state index is 4.15. The molecule has 0 aliphatic heterocycles. The van der Waals surface area contributed by atoms with Crippen molar-refractivity contribution in [2.24, 2.45) is 0 Å². The number of nitrogens with one attached hydrogen (secondary N) is 2. The molecule has 2 N–H and O–H groups in total. The fourth-order valence-electron chi connectivity index (χ4n) is 0.960. The summed E-state index contributed by atoms with van der Waals surface area (Å²) in [6, 6.07) is 0. The highest BCUT2D eigenvalue weighted by Gasteiger charge is 1.92. The lowest BCUT2D eigenvalue weighted by Crippen LogP contribution is -2.05. The Labute approximate surface area is 72.9 Å². The minimum atomic E-state index is 1.01. The molecule has 3 nitrogen and oxygen atoms in total. The summed E-state index contributed by atoms with van der Waals surface area (Å²) in [6.07, 6.45) is 6.93. The number of imidazole rings is 1. The average Bonchev–Trinajstić information content (AvgIpc) is 2.46. The van der Waals surface area contributed by atoms with Crippen molar-refractivity contribution in [1.82, 2.24) is 15.3 Å². The Balaban J connectivity index is 2.41. The Morgan fingerprint density at radius 2 is 2.50 bits per heavy atom. The van der Waals surface area contributed by atoms with Gasteiger partial charge in [-0.25, -0.2) is 4.98 Å². The Bertz CT molecular complexity index is 250. The van der Waals surface area contributed by atoms with Gasteiger partial charge in [-0.15, -0.1) is 0 Å². The summed E-state index contributed by atoms with van der Waals surface area (Å²) >= 11 is 0. The summed E-state index contributed by atoms with van der Waals surface area (Å²) in [5.74, 6) is 0. The molecule has 1 aromatic heterocycles. The van der Waals surface area contributed by atoms with Gasteiger partial charge in [0.05, 0.1) is 12.0 Å². The molecule has 0 bridgehead atoms. The number of aryl methyl sites for hydroxylation is 1. The van der Waals surface area contributed by atoms with Crippen LogP contribution in [0.5, 0.6) is 0 Å². The van der Waals surface area contributed by atoms with Crippen LogP contribution in [0.4, 0.5) is 0 Å². The summed E-state index contributed by atoms with van der Waals surface area (Å²) < 4.78 is 0. The lowest BCUT2D eigenvalue weighted by Gasteiger charge is -1.91. The zero-order chi connectivity index (χ0) is 8.81. The summed E-state index contributed by atoms with van der Waals surface area (Å²) in [4.78, 5) is 7.18. The van der Waals surface area contributed by atoms with E-state index >= 15 is 0 Å². The van der Waals surface area contributed by atoms with Crippen LogP contribution in [-0.2, 0) is 0 Å². The maximum Gasteiger partial charge on any atom is 0.0929 e. The van der Waals surface area contributed by atoms with Crippen molar-refractivity contribution in [3.8, 4) is 0 Å². The molecule has 0 aliphatic rings. The van der Waals surface area contributed by atoms with Crippen molar-refractivity contribution in [2.75, 3.05) is 13.6 Å². The normalized spacial score (nSPS) is 11.2. The third-order valence-electron chi connectivity index (χ3n) is 1.71. The van der Waals surface area contributed by atoms with E-state index in [9.17, 15) is 0 Å². The summed E-state index contributed by atoms with van der Waals surface area (Å²) in [6.45, 7) is 3.03. The first-order chi connectivity index (χ1) is 5.84. The van der Waals surface area contributed by atoms with Gasteiger partial charge in [-0.05, 0) is 33.0 Å². The van der Waals surface area contributed by atoms with Gasteiger partial charge in [0.15, 0.2) is 0 Å². The molecule has 3 heteroatoms. The standard InChI is InChI=1S/C9H15N3/c1-8-9(12-7-11-8)5-3-4-6-10-2/h3,5,7,10H,4,6H2,1-2H3,(H,11,12). The second kappa shape index (κ2) is 4.72. The van der Waals surface area contributed by atoms with E-state index in [4.69, 9.17) is 0 Å². The van der Waals surface area contributed by atoms with E-state index in [1.807, 2.05) is 20.0 Å².